The maximum atomic E-state index is 13.4. The van der Waals surface area contributed by atoms with Crippen molar-refractivity contribution < 1.29 is 19.1 Å². The number of cyclic esters (lactones) is 1. The maximum absolute atomic E-state index is 13.4. The molecule has 1 atom stereocenters. The van der Waals surface area contributed by atoms with E-state index in [0.29, 0.717) is 22.4 Å². The van der Waals surface area contributed by atoms with Crippen molar-refractivity contribution >= 4 is 29.0 Å². The number of rotatable bonds is 8. The van der Waals surface area contributed by atoms with Crippen LogP contribution in [0.2, 0.25) is 0 Å². The summed E-state index contributed by atoms with van der Waals surface area (Å²) in [4.78, 5) is 31.8. The maximum Gasteiger partial charge on any atom is 0.340 e. The second-order valence-corrected chi connectivity index (χ2v) is 9.58. The molecule has 1 unspecified atom stereocenters. The first-order valence-corrected chi connectivity index (χ1v) is 12.5. The van der Waals surface area contributed by atoms with Crippen molar-refractivity contribution in [2.75, 3.05) is 56.0 Å². The summed E-state index contributed by atoms with van der Waals surface area (Å²) in [6.45, 7) is 7.14. The number of carbonyl (C=O) groups excluding carboxylic acids is 2. The number of esters is 2. The van der Waals surface area contributed by atoms with Crippen molar-refractivity contribution in [3.63, 3.8) is 0 Å². The third-order valence-corrected chi connectivity index (χ3v) is 6.88. The van der Waals surface area contributed by atoms with Gasteiger partial charge < -0.3 is 24.2 Å². The first kappa shape index (κ1) is 26.1. The van der Waals surface area contributed by atoms with Crippen LogP contribution in [0.5, 0.6) is 5.75 Å². The summed E-state index contributed by atoms with van der Waals surface area (Å²) >= 11 is 0. The van der Waals surface area contributed by atoms with Gasteiger partial charge in [0.2, 0.25) is 0 Å². The summed E-state index contributed by atoms with van der Waals surface area (Å²) in [6, 6.07) is 19.4. The van der Waals surface area contributed by atoms with E-state index < -0.39 is 17.5 Å². The molecule has 194 valence electrons. The van der Waals surface area contributed by atoms with E-state index in [9.17, 15) is 9.59 Å². The smallest absolute Gasteiger partial charge is 0.340 e. The molecule has 0 saturated carbocycles. The highest BCUT2D eigenvalue weighted by molar-refractivity contribution is 5.97. The standard InChI is InChI=1S/C30H35N3O4/c1-8-33(9-2)24-15-17-27(28(19-24)36-20(3)34)30(21-10-12-22(13-11-21)31(4)5)26-16-14-23(32(6)7)18-25(26)29(35)37-30/h10-19H,8-9H2,1-7H3. The highest BCUT2D eigenvalue weighted by atomic mass is 16.6. The molecule has 0 N–H and O–H groups in total. The van der Waals surface area contributed by atoms with Gasteiger partial charge in [0, 0.05) is 88.0 Å². The Labute approximate surface area is 219 Å². The quantitative estimate of drug-likeness (QED) is 0.316. The fourth-order valence-electron chi connectivity index (χ4n) is 4.93. The summed E-state index contributed by atoms with van der Waals surface area (Å²) in [6.07, 6.45) is 0. The molecule has 0 fully saturated rings. The molecule has 0 aliphatic carbocycles. The Hall–Kier alpha value is -4.00. The van der Waals surface area contributed by atoms with E-state index in [2.05, 4.69) is 18.7 Å². The first-order valence-electron chi connectivity index (χ1n) is 12.5. The Kier molecular flexibility index (Phi) is 7.16. The molecule has 3 aromatic rings. The molecule has 7 nitrogen and oxygen atoms in total. The van der Waals surface area contributed by atoms with E-state index in [1.165, 1.54) is 6.92 Å². The molecule has 0 bridgehead atoms. The summed E-state index contributed by atoms with van der Waals surface area (Å²) in [7, 11) is 7.81. The second-order valence-electron chi connectivity index (χ2n) is 9.58. The van der Waals surface area contributed by atoms with Crippen molar-refractivity contribution in [1.29, 1.82) is 0 Å². The van der Waals surface area contributed by atoms with Crippen molar-refractivity contribution in [2.45, 2.75) is 26.4 Å². The molecule has 3 aromatic carbocycles. The van der Waals surface area contributed by atoms with Crippen molar-refractivity contribution in [3.8, 4) is 5.75 Å². The Morgan fingerprint density at radius 1 is 0.811 bits per heavy atom. The van der Waals surface area contributed by atoms with Crippen LogP contribution in [-0.4, -0.2) is 53.2 Å². The molecule has 0 radical (unpaired) electrons. The lowest BCUT2D eigenvalue weighted by Gasteiger charge is -2.33. The lowest BCUT2D eigenvalue weighted by atomic mass is 9.79. The van der Waals surface area contributed by atoms with Crippen LogP contribution in [0, 0.1) is 0 Å². The minimum Gasteiger partial charge on any atom is -0.440 e. The third-order valence-electron chi connectivity index (χ3n) is 6.88. The molecule has 0 saturated heterocycles. The minimum atomic E-state index is -1.28. The van der Waals surface area contributed by atoms with Crippen LogP contribution in [-0.2, 0) is 15.1 Å². The Bertz CT molecular complexity index is 1310. The predicted octanol–water partition coefficient (Wildman–Crippen LogP) is 5.05. The fraction of sp³-hybridized carbons (Fsp3) is 0.333. The number of benzene rings is 3. The van der Waals surface area contributed by atoms with Crippen LogP contribution < -0.4 is 19.4 Å². The highest BCUT2D eigenvalue weighted by Gasteiger charge is 2.50. The average molecular weight is 502 g/mol. The number of hydrogen-bond donors (Lipinski definition) is 0. The zero-order chi connectivity index (χ0) is 26.9. The van der Waals surface area contributed by atoms with Crippen LogP contribution in [0.3, 0.4) is 0 Å². The zero-order valence-electron chi connectivity index (χ0n) is 22.7. The predicted molar refractivity (Wildman–Crippen MR) is 148 cm³/mol. The molecule has 7 heteroatoms. The zero-order valence-corrected chi connectivity index (χ0v) is 22.7. The Balaban J connectivity index is 2.03. The summed E-state index contributed by atoms with van der Waals surface area (Å²) in [5.74, 6) is -0.494. The highest BCUT2D eigenvalue weighted by Crippen LogP contribution is 2.51. The largest absolute Gasteiger partial charge is 0.440 e. The van der Waals surface area contributed by atoms with Gasteiger partial charge >= 0.3 is 11.9 Å². The normalized spacial score (nSPS) is 16.1. The van der Waals surface area contributed by atoms with E-state index in [1.807, 2.05) is 98.7 Å². The van der Waals surface area contributed by atoms with Gasteiger partial charge in [0.25, 0.3) is 0 Å². The first-order chi connectivity index (χ1) is 17.6. The topological polar surface area (TPSA) is 62.3 Å². The van der Waals surface area contributed by atoms with Gasteiger partial charge in [-0.05, 0) is 50.2 Å². The lowest BCUT2D eigenvalue weighted by molar-refractivity contribution is -0.132. The number of hydrogen-bond acceptors (Lipinski definition) is 7. The van der Waals surface area contributed by atoms with Gasteiger partial charge in [0.1, 0.15) is 5.75 Å². The van der Waals surface area contributed by atoms with Crippen molar-refractivity contribution in [1.82, 2.24) is 0 Å². The van der Waals surface area contributed by atoms with Gasteiger partial charge in [-0.1, -0.05) is 18.2 Å². The average Bonchev–Trinajstić information content (AvgIpc) is 3.17. The number of ether oxygens (including phenoxy) is 2. The van der Waals surface area contributed by atoms with E-state index >= 15 is 0 Å². The van der Waals surface area contributed by atoms with Crippen LogP contribution in [0.4, 0.5) is 17.1 Å². The molecule has 0 spiro atoms. The van der Waals surface area contributed by atoms with Crippen molar-refractivity contribution in [2.24, 2.45) is 0 Å². The molecular formula is C30H35N3O4. The summed E-state index contributed by atoms with van der Waals surface area (Å²) < 4.78 is 12.1. The molecule has 4 rings (SSSR count). The summed E-state index contributed by atoms with van der Waals surface area (Å²) in [5.41, 5.74) is 4.13. The number of fused-ring (bicyclic) bond motifs is 1. The van der Waals surface area contributed by atoms with Gasteiger partial charge in [-0.3, -0.25) is 4.79 Å². The Morgan fingerprint density at radius 2 is 1.38 bits per heavy atom. The molecule has 1 aliphatic rings. The monoisotopic (exact) mass is 501 g/mol. The number of anilines is 3. The van der Waals surface area contributed by atoms with Gasteiger partial charge in [0.05, 0.1) is 5.56 Å². The van der Waals surface area contributed by atoms with Gasteiger partial charge in [-0.2, -0.15) is 0 Å². The Morgan fingerprint density at radius 3 is 1.95 bits per heavy atom. The molecule has 0 aromatic heterocycles. The molecular weight excluding hydrogens is 466 g/mol. The van der Waals surface area contributed by atoms with E-state index in [4.69, 9.17) is 9.47 Å². The van der Waals surface area contributed by atoms with Crippen LogP contribution in [0.15, 0.2) is 60.7 Å². The van der Waals surface area contributed by atoms with Crippen LogP contribution in [0.25, 0.3) is 0 Å². The van der Waals surface area contributed by atoms with Crippen molar-refractivity contribution in [3.05, 3.63) is 82.9 Å². The molecule has 1 heterocycles. The number of nitrogens with zero attached hydrogens (tertiary/aromatic N) is 3. The molecule has 1 aliphatic heterocycles. The summed E-state index contributed by atoms with van der Waals surface area (Å²) in [5, 5.41) is 0. The molecule has 37 heavy (non-hydrogen) atoms. The van der Waals surface area contributed by atoms with Crippen LogP contribution in [0.1, 0.15) is 47.8 Å². The molecule has 0 amide bonds. The third kappa shape index (κ3) is 4.61. The van der Waals surface area contributed by atoms with E-state index in [1.54, 1.807) is 0 Å². The van der Waals surface area contributed by atoms with Gasteiger partial charge in [-0.25, -0.2) is 4.79 Å². The second kappa shape index (κ2) is 10.2. The number of carbonyl (C=O) groups is 2. The van der Waals surface area contributed by atoms with Crippen LogP contribution >= 0.6 is 0 Å². The van der Waals surface area contributed by atoms with E-state index in [0.717, 1.165) is 35.7 Å². The lowest BCUT2D eigenvalue weighted by Crippen LogP contribution is -2.31. The van der Waals surface area contributed by atoms with Gasteiger partial charge in [-0.15, -0.1) is 0 Å². The SMILES string of the molecule is CCN(CC)c1ccc(C2(c3ccc(N(C)C)cc3)OC(=O)c3cc(N(C)C)ccc32)c(OC(C)=O)c1. The van der Waals surface area contributed by atoms with Gasteiger partial charge in [0.15, 0.2) is 5.60 Å². The fourth-order valence-corrected chi connectivity index (χ4v) is 4.93. The minimum absolute atomic E-state index is 0.367. The van der Waals surface area contributed by atoms with E-state index in [-0.39, 0.29) is 0 Å².